The highest BCUT2D eigenvalue weighted by Crippen LogP contribution is 2.22. The van der Waals surface area contributed by atoms with Crippen LogP contribution >= 0.6 is 28.6 Å². The molecule has 1 amide bonds. The molecule has 1 unspecified atom stereocenters. The first-order valence-electron chi connectivity index (χ1n) is 6.34. The summed E-state index contributed by atoms with van der Waals surface area (Å²) in [6, 6.07) is 13.4. The van der Waals surface area contributed by atoms with Crippen molar-refractivity contribution in [3.63, 3.8) is 0 Å². The first-order valence-corrected chi connectivity index (χ1v) is 7.58. The van der Waals surface area contributed by atoms with Crippen LogP contribution in [0.2, 0.25) is 0 Å². The zero-order chi connectivity index (χ0) is 14.7. The zero-order valence-electron chi connectivity index (χ0n) is 11.4. The molecule has 0 saturated carbocycles. The highest BCUT2D eigenvalue weighted by atomic mass is 79.9. The van der Waals surface area contributed by atoms with Gasteiger partial charge in [0.1, 0.15) is 0 Å². The van der Waals surface area contributed by atoms with Crippen LogP contribution in [0.3, 0.4) is 0 Å². The SMILES string of the molecule is Cc1ccccc1C(C)NC(=O)c1ccc(Br)cc1S. The molecule has 2 rings (SSSR count). The highest BCUT2D eigenvalue weighted by molar-refractivity contribution is 9.10. The fourth-order valence-corrected chi connectivity index (χ4v) is 2.97. The molecule has 104 valence electrons. The van der Waals surface area contributed by atoms with Gasteiger partial charge < -0.3 is 5.32 Å². The smallest absolute Gasteiger partial charge is 0.252 e. The lowest BCUT2D eigenvalue weighted by atomic mass is 10.0. The number of halogens is 1. The molecule has 1 N–H and O–H groups in total. The lowest BCUT2D eigenvalue weighted by Gasteiger charge is -2.17. The summed E-state index contributed by atoms with van der Waals surface area (Å²) < 4.78 is 0.908. The molecule has 2 aromatic rings. The monoisotopic (exact) mass is 349 g/mol. The fraction of sp³-hybridized carbons (Fsp3) is 0.188. The standard InChI is InChI=1S/C16H16BrNOS/c1-10-5-3-4-6-13(10)11(2)18-16(19)14-8-7-12(17)9-15(14)20/h3-9,11,20H,1-2H3,(H,18,19). The van der Waals surface area contributed by atoms with Gasteiger partial charge in [-0.15, -0.1) is 12.6 Å². The topological polar surface area (TPSA) is 29.1 Å². The van der Waals surface area contributed by atoms with Crippen LogP contribution in [0.4, 0.5) is 0 Å². The fourth-order valence-electron chi connectivity index (χ4n) is 2.12. The molecule has 0 aliphatic rings. The Morgan fingerprint density at radius 3 is 2.60 bits per heavy atom. The molecular weight excluding hydrogens is 334 g/mol. The van der Waals surface area contributed by atoms with E-state index in [1.807, 2.05) is 50.2 Å². The van der Waals surface area contributed by atoms with Crippen LogP contribution in [-0.4, -0.2) is 5.91 Å². The molecule has 0 radical (unpaired) electrons. The molecule has 4 heteroatoms. The number of nitrogens with one attached hydrogen (secondary N) is 1. The molecule has 0 aliphatic carbocycles. The number of carbonyl (C=O) groups excluding carboxylic acids is 1. The van der Waals surface area contributed by atoms with Crippen molar-refractivity contribution in [3.8, 4) is 0 Å². The second-order valence-electron chi connectivity index (χ2n) is 4.71. The molecule has 2 nitrogen and oxygen atoms in total. The third-order valence-electron chi connectivity index (χ3n) is 3.21. The van der Waals surface area contributed by atoms with Crippen LogP contribution in [0.15, 0.2) is 51.8 Å². The lowest BCUT2D eigenvalue weighted by molar-refractivity contribution is 0.0937. The van der Waals surface area contributed by atoms with Crippen molar-refractivity contribution in [2.45, 2.75) is 24.8 Å². The van der Waals surface area contributed by atoms with Gasteiger partial charge >= 0.3 is 0 Å². The van der Waals surface area contributed by atoms with Crippen molar-refractivity contribution in [2.24, 2.45) is 0 Å². The van der Waals surface area contributed by atoms with Gasteiger partial charge in [-0.1, -0.05) is 40.2 Å². The van der Waals surface area contributed by atoms with Crippen LogP contribution in [0, 0.1) is 6.92 Å². The van der Waals surface area contributed by atoms with Gasteiger partial charge in [0, 0.05) is 9.37 Å². The number of hydrogen-bond acceptors (Lipinski definition) is 2. The van der Waals surface area contributed by atoms with Gasteiger partial charge in [0.05, 0.1) is 11.6 Å². The van der Waals surface area contributed by atoms with E-state index in [-0.39, 0.29) is 11.9 Å². The van der Waals surface area contributed by atoms with Gasteiger partial charge in [-0.3, -0.25) is 4.79 Å². The second kappa shape index (κ2) is 6.46. The maximum Gasteiger partial charge on any atom is 0.252 e. The molecule has 2 aromatic carbocycles. The molecule has 0 bridgehead atoms. The maximum atomic E-state index is 12.3. The van der Waals surface area contributed by atoms with Crippen molar-refractivity contribution >= 4 is 34.5 Å². The Hall–Kier alpha value is -1.26. The Morgan fingerprint density at radius 1 is 1.25 bits per heavy atom. The lowest BCUT2D eigenvalue weighted by Crippen LogP contribution is -2.27. The normalized spacial score (nSPS) is 12.0. The van der Waals surface area contributed by atoms with Crippen LogP contribution < -0.4 is 5.32 Å². The first kappa shape index (κ1) is 15.1. The summed E-state index contributed by atoms with van der Waals surface area (Å²) in [6.45, 7) is 4.03. The first-order chi connectivity index (χ1) is 9.49. The predicted octanol–water partition coefficient (Wildman–Crippen LogP) is 4.54. The van der Waals surface area contributed by atoms with E-state index in [1.54, 1.807) is 6.07 Å². The quantitative estimate of drug-likeness (QED) is 0.782. The van der Waals surface area contributed by atoms with E-state index in [0.29, 0.717) is 10.5 Å². The van der Waals surface area contributed by atoms with Gasteiger partial charge in [-0.05, 0) is 43.2 Å². The van der Waals surface area contributed by atoms with Crippen molar-refractivity contribution < 1.29 is 4.79 Å². The largest absolute Gasteiger partial charge is 0.345 e. The van der Waals surface area contributed by atoms with E-state index < -0.39 is 0 Å². The zero-order valence-corrected chi connectivity index (χ0v) is 13.8. The molecule has 0 saturated heterocycles. The van der Waals surface area contributed by atoms with Gasteiger partial charge in [-0.25, -0.2) is 0 Å². The number of carbonyl (C=O) groups is 1. The minimum absolute atomic E-state index is 0.0416. The minimum atomic E-state index is -0.113. The van der Waals surface area contributed by atoms with Crippen molar-refractivity contribution in [1.29, 1.82) is 0 Å². The summed E-state index contributed by atoms with van der Waals surface area (Å²) in [4.78, 5) is 13.0. The van der Waals surface area contributed by atoms with E-state index in [0.717, 1.165) is 10.0 Å². The van der Waals surface area contributed by atoms with Gasteiger partial charge in [-0.2, -0.15) is 0 Å². The summed E-state index contributed by atoms with van der Waals surface area (Å²) in [5.74, 6) is -0.113. The molecule has 0 fully saturated rings. The Bertz CT molecular complexity index is 642. The van der Waals surface area contributed by atoms with E-state index in [9.17, 15) is 4.79 Å². The van der Waals surface area contributed by atoms with Gasteiger partial charge in [0.2, 0.25) is 0 Å². The van der Waals surface area contributed by atoms with Crippen LogP contribution in [0.5, 0.6) is 0 Å². The number of amides is 1. The number of rotatable bonds is 3. The van der Waals surface area contributed by atoms with E-state index in [4.69, 9.17) is 0 Å². The second-order valence-corrected chi connectivity index (χ2v) is 6.11. The number of aryl methyl sites for hydroxylation is 1. The van der Waals surface area contributed by atoms with E-state index in [1.165, 1.54) is 5.56 Å². The third-order valence-corrected chi connectivity index (χ3v) is 4.07. The average molecular weight is 350 g/mol. The van der Waals surface area contributed by atoms with Crippen LogP contribution in [-0.2, 0) is 0 Å². The summed E-state index contributed by atoms with van der Waals surface area (Å²) in [5.41, 5.74) is 2.87. The Morgan fingerprint density at radius 2 is 1.95 bits per heavy atom. The highest BCUT2D eigenvalue weighted by Gasteiger charge is 2.14. The maximum absolute atomic E-state index is 12.3. The van der Waals surface area contributed by atoms with Crippen molar-refractivity contribution in [2.75, 3.05) is 0 Å². The molecule has 1 atom stereocenters. The van der Waals surface area contributed by atoms with Gasteiger partial charge in [0.15, 0.2) is 0 Å². The summed E-state index contributed by atoms with van der Waals surface area (Å²) >= 11 is 7.71. The predicted molar refractivity (Wildman–Crippen MR) is 88.5 cm³/mol. The third kappa shape index (κ3) is 3.44. The Labute approximate surface area is 133 Å². The summed E-state index contributed by atoms with van der Waals surface area (Å²) in [5, 5.41) is 3.01. The molecule has 20 heavy (non-hydrogen) atoms. The molecular formula is C16H16BrNOS. The van der Waals surface area contributed by atoms with Crippen molar-refractivity contribution in [1.82, 2.24) is 5.32 Å². The number of benzene rings is 2. The van der Waals surface area contributed by atoms with Gasteiger partial charge in [0.25, 0.3) is 5.91 Å². The van der Waals surface area contributed by atoms with Crippen LogP contribution in [0.25, 0.3) is 0 Å². The summed E-state index contributed by atoms with van der Waals surface area (Å²) in [6.07, 6.45) is 0. The van der Waals surface area contributed by atoms with Crippen LogP contribution in [0.1, 0.15) is 34.5 Å². The minimum Gasteiger partial charge on any atom is -0.345 e. The van der Waals surface area contributed by atoms with E-state index in [2.05, 4.69) is 33.9 Å². The molecule has 0 spiro atoms. The molecule has 0 aromatic heterocycles. The molecule has 0 heterocycles. The number of hydrogen-bond donors (Lipinski definition) is 2. The Kier molecular flexibility index (Phi) is 4.89. The average Bonchev–Trinajstić information content (AvgIpc) is 2.38. The number of thiol groups is 1. The van der Waals surface area contributed by atoms with E-state index >= 15 is 0 Å². The van der Waals surface area contributed by atoms with Crippen molar-refractivity contribution in [3.05, 3.63) is 63.6 Å². The summed E-state index contributed by atoms with van der Waals surface area (Å²) in [7, 11) is 0. The molecule has 0 aliphatic heterocycles. The Balaban J connectivity index is 2.17.